The van der Waals surface area contributed by atoms with Gasteiger partial charge < -0.3 is 8.83 Å². The van der Waals surface area contributed by atoms with E-state index in [1.165, 1.54) is 0 Å². The summed E-state index contributed by atoms with van der Waals surface area (Å²) in [6.07, 6.45) is 3.41. The first kappa shape index (κ1) is 19.1. The highest BCUT2D eigenvalue weighted by molar-refractivity contribution is 8.02. The maximum Gasteiger partial charge on any atom is 0.236 e. The first-order chi connectivity index (χ1) is 14.3. The van der Waals surface area contributed by atoms with Crippen LogP contribution in [-0.2, 0) is 11.5 Å². The number of aromatic nitrogens is 4. The molecule has 5 rings (SSSR count). The van der Waals surface area contributed by atoms with E-state index in [0.717, 1.165) is 29.8 Å². The van der Waals surface area contributed by atoms with Crippen LogP contribution < -0.4 is 0 Å². The maximum absolute atomic E-state index is 5.55. The van der Waals surface area contributed by atoms with Gasteiger partial charge >= 0.3 is 0 Å². The van der Waals surface area contributed by atoms with Crippen molar-refractivity contribution < 1.29 is 8.83 Å². The molecule has 6 nitrogen and oxygen atoms in total. The fourth-order valence-corrected chi connectivity index (χ4v) is 6.44. The van der Waals surface area contributed by atoms with E-state index >= 15 is 0 Å². The van der Waals surface area contributed by atoms with E-state index in [2.05, 4.69) is 20.2 Å². The lowest BCUT2D eigenvalue weighted by atomic mass is 10.5. The molecule has 29 heavy (non-hydrogen) atoms. The fourth-order valence-electron chi connectivity index (χ4n) is 2.36. The van der Waals surface area contributed by atoms with Crippen molar-refractivity contribution in [3.63, 3.8) is 0 Å². The Morgan fingerprint density at radius 1 is 0.759 bits per heavy atom. The molecule has 0 aliphatic rings. The van der Waals surface area contributed by atoms with Crippen LogP contribution in [0, 0.1) is 0 Å². The zero-order valence-corrected chi connectivity index (χ0v) is 18.8. The number of thiophene rings is 2. The summed E-state index contributed by atoms with van der Waals surface area (Å²) in [4.78, 5) is 11.1. The first-order valence-corrected chi connectivity index (χ1v) is 12.9. The number of thioether (sulfide) groups is 2. The third-order valence-corrected chi connectivity index (χ3v) is 8.62. The minimum absolute atomic E-state index is 0.665. The van der Waals surface area contributed by atoms with Gasteiger partial charge in [-0.1, -0.05) is 47.0 Å². The summed E-state index contributed by atoms with van der Waals surface area (Å²) in [5.41, 5.74) is 1.79. The summed E-state index contributed by atoms with van der Waals surface area (Å²) in [7, 11) is 0. The smallest absolute Gasteiger partial charge is 0.236 e. The van der Waals surface area contributed by atoms with Gasteiger partial charge in [0.1, 0.15) is 12.5 Å². The van der Waals surface area contributed by atoms with Crippen LogP contribution in [0.25, 0.3) is 21.5 Å². The lowest BCUT2D eigenvalue weighted by Crippen LogP contribution is -1.81. The van der Waals surface area contributed by atoms with Gasteiger partial charge in [-0.3, -0.25) is 0 Å². The van der Waals surface area contributed by atoms with Crippen LogP contribution >= 0.6 is 57.5 Å². The molecular weight excluding hydrogens is 465 g/mol. The van der Waals surface area contributed by atoms with Gasteiger partial charge in [0.05, 0.1) is 21.1 Å². The SMILES string of the molecule is c1csc(-c2nc(CSc3nnc(SCc4coc(-c5cccs5)n4)s3)co2)c1. The molecule has 0 aromatic carbocycles. The highest BCUT2D eigenvalue weighted by atomic mass is 32.2. The van der Waals surface area contributed by atoms with Crippen LogP contribution in [0.3, 0.4) is 0 Å². The van der Waals surface area contributed by atoms with E-state index < -0.39 is 0 Å². The number of hydrogen-bond donors (Lipinski definition) is 0. The van der Waals surface area contributed by atoms with Crippen molar-refractivity contribution in [2.24, 2.45) is 0 Å². The van der Waals surface area contributed by atoms with Crippen LogP contribution in [0.2, 0.25) is 0 Å². The largest absolute Gasteiger partial charge is 0.444 e. The van der Waals surface area contributed by atoms with Crippen molar-refractivity contribution in [2.45, 2.75) is 20.2 Å². The minimum Gasteiger partial charge on any atom is -0.444 e. The zero-order chi connectivity index (χ0) is 19.5. The Balaban J connectivity index is 1.14. The minimum atomic E-state index is 0.665. The topological polar surface area (TPSA) is 77.8 Å². The highest BCUT2D eigenvalue weighted by Crippen LogP contribution is 2.33. The van der Waals surface area contributed by atoms with Crippen LogP contribution in [0.5, 0.6) is 0 Å². The summed E-state index contributed by atoms with van der Waals surface area (Å²) < 4.78 is 12.9. The molecule has 0 bridgehead atoms. The number of hydrogen-bond acceptors (Lipinski definition) is 11. The van der Waals surface area contributed by atoms with Gasteiger partial charge in [0, 0.05) is 11.5 Å². The quantitative estimate of drug-likeness (QED) is 0.233. The molecule has 0 saturated heterocycles. The van der Waals surface area contributed by atoms with E-state index in [1.54, 1.807) is 70.1 Å². The van der Waals surface area contributed by atoms with Crippen LogP contribution in [0.15, 0.2) is 65.1 Å². The normalized spacial score (nSPS) is 11.3. The third-order valence-electron chi connectivity index (χ3n) is 3.64. The molecule has 0 unspecified atom stereocenters. The van der Waals surface area contributed by atoms with Crippen LogP contribution in [0.1, 0.15) is 11.4 Å². The first-order valence-electron chi connectivity index (χ1n) is 8.39. The van der Waals surface area contributed by atoms with Gasteiger partial charge in [0.25, 0.3) is 0 Å². The molecule has 5 aromatic rings. The van der Waals surface area contributed by atoms with Gasteiger partial charge in [-0.05, 0) is 22.9 Å². The molecule has 0 radical (unpaired) electrons. The van der Waals surface area contributed by atoms with Gasteiger partial charge in [-0.25, -0.2) is 9.97 Å². The van der Waals surface area contributed by atoms with Crippen LogP contribution in [0.4, 0.5) is 0 Å². The summed E-state index contributed by atoms with van der Waals surface area (Å²) in [5, 5.41) is 12.5. The maximum atomic E-state index is 5.55. The van der Waals surface area contributed by atoms with Crippen molar-refractivity contribution in [3.05, 3.63) is 58.9 Å². The lowest BCUT2D eigenvalue weighted by Gasteiger charge is -1.92. The molecule has 146 valence electrons. The molecule has 11 heteroatoms. The third kappa shape index (κ3) is 4.64. The summed E-state index contributed by atoms with van der Waals surface area (Å²) in [5.74, 6) is 2.72. The molecule has 0 amide bonds. The van der Waals surface area contributed by atoms with Gasteiger partial charge in [0.2, 0.25) is 11.8 Å². The summed E-state index contributed by atoms with van der Waals surface area (Å²) in [6.45, 7) is 0. The number of oxazole rings is 2. The van der Waals surface area contributed by atoms with Crippen molar-refractivity contribution in [2.75, 3.05) is 0 Å². The molecule has 0 aliphatic heterocycles. The average molecular weight is 477 g/mol. The monoisotopic (exact) mass is 476 g/mol. The van der Waals surface area contributed by atoms with E-state index in [-0.39, 0.29) is 0 Å². The lowest BCUT2D eigenvalue weighted by molar-refractivity contribution is 0.574. The van der Waals surface area contributed by atoms with Crippen LogP contribution in [-0.4, -0.2) is 20.2 Å². The van der Waals surface area contributed by atoms with E-state index in [4.69, 9.17) is 8.83 Å². The van der Waals surface area contributed by atoms with Crippen molar-refractivity contribution in [1.29, 1.82) is 0 Å². The van der Waals surface area contributed by atoms with Gasteiger partial charge in [-0.15, -0.1) is 32.9 Å². The van der Waals surface area contributed by atoms with Crippen molar-refractivity contribution >= 4 is 57.5 Å². The Bertz CT molecular complexity index is 1090. The van der Waals surface area contributed by atoms with Gasteiger partial charge in [0.15, 0.2) is 8.68 Å². The molecule has 0 spiro atoms. The fraction of sp³-hybridized carbons (Fsp3) is 0.111. The van der Waals surface area contributed by atoms with E-state index in [0.29, 0.717) is 23.3 Å². The molecule has 5 aromatic heterocycles. The Kier molecular flexibility index (Phi) is 5.81. The molecule has 0 atom stereocenters. The predicted molar refractivity (Wildman–Crippen MR) is 119 cm³/mol. The van der Waals surface area contributed by atoms with Crippen molar-refractivity contribution in [1.82, 2.24) is 20.2 Å². The number of nitrogens with zero attached hydrogens (tertiary/aromatic N) is 4. The molecule has 0 fully saturated rings. The standard InChI is InChI=1S/C18H12N4O2S5/c1-3-13(25-5-1)15-19-11(7-23-15)9-27-17-21-22-18(29-17)28-10-12-8-24-16(20-12)14-4-2-6-26-14/h1-8H,9-10H2. The second-order valence-electron chi connectivity index (χ2n) is 5.65. The highest BCUT2D eigenvalue weighted by Gasteiger charge is 2.12. The molecular formula is C18H12N4O2S5. The Hall–Kier alpha value is -1.92. The second kappa shape index (κ2) is 8.84. The predicted octanol–water partition coefficient (Wildman–Crippen LogP) is 6.56. The Morgan fingerprint density at radius 3 is 1.72 bits per heavy atom. The summed E-state index contributed by atoms with van der Waals surface area (Å²) >= 11 is 8.02. The van der Waals surface area contributed by atoms with E-state index in [1.807, 2.05) is 35.0 Å². The zero-order valence-electron chi connectivity index (χ0n) is 14.7. The molecule has 0 saturated carbocycles. The molecule has 0 aliphatic carbocycles. The van der Waals surface area contributed by atoms with Gasteiger partial charge in [-0.2, -0.15) is 0 Å². The second-order valence-corrected chi connectivity index (χ2v) is 11.0. The molecule has 0 N–H and O–H groups in total. The Morgan fingerprint density at radius 2 is 1.28 bits per heavy atom. The molecule has 5 heterocycles. The number of rotatable bonds is 8. The average Bonchev–Trinajstić information content (AvgIpc) is 3.55. The summed E-state index contributed by atoms with van der Waals surface area (Å²) in [6, 6.07) is 7.97. The van der Waals surface area contributed by atoms with E-state index in [9.17, 15) is 0 Å². The Labute approximate surface area is 186 Å². The van der Waals surface area contributed by atoms with Crippen molar-refractivity contribution in [3.8, 4) is 21.5 Å².